The number of rotatable bonds is 4. The predicted octanol–water partition coefficient (Wildman–Crippen LogP) is 3.97. The highest BCUT2D eigenvalue weighted by atomic mass is 15.3. The van der Waals surface area contributed by atoms with Crippen LogP contribution in [0.15, 0.2) is 60.7 Å². The molecular weight excluding hydrogens is 294 g/mol. The van der Waals surface area contributed by atoms with Crippen molar-refractivity contribution in [3.63, 3.8) is 0 Å². The van der Waals surface area contributed by atoms with Gasteiger partial charge in [-0.05, 0) is 36.8 Å². The molecule has 1 heterocycles. The molecule has 0 spiro atoms. The second kappa shape index (κ2) is 4.79. The minimum absolute atomic E-state index is 0.0774. The first kappa shape index (κ1) is 14.0. The Morgan fingerprint density at radius 1 is 0.667 bits per heavy atom. The number of nitrogens with zero attached hydrogens (tertiary/aromatic N) is 3. The summed E-state index contributed by atoms with van der Waals surface area (Å²) in [6.07, 6.45) is 4.67. The number of hydrogen-bond donors (Lipinski definition) is 0. The molecule has 3 heteroatoms. The van der Waals surface area contributed by atoms with Crippen LogP contribution in [-0.2, 0) is 17.9 Å². The smallest absolute Gasteiger partial charge is 0.143 e. The standard InChI is InChI=1S/C21H21N3/c1-24-18(20(12-13-20)16-8-4-2-5-9-16)22-23-19(24)21(14-15-21)17-10-6-3-7-11-17/h2-11H,12-15H2,1H3. The van der Waals surface area contributed by atoms with Crippen LogP contribution in [0.25, 0.3) is 0 Å². The van der Waals surface area contributed by atoms with E-state index in [2.05, 4.69) is 82.5 Å². The summed E-state index contributed by atoms with van der Waals surface area (Å²) in [5.74, 6) is 2.26. The Morgan fingerprint density at radius 3 is 1.38 bits per heavy atom. The summed E-state index contributed by atoms with van der Waals surface area (Å²) in [4.78, 5) is 0. The molecule has 0 amide bonds. The van der Waals surface area contributed by atoms with Gasteiger partial charge in [-0.25, -0.2) is 0 Å². The molecule has 2 aromatic carbocycles. The van der Waals surface area contributed by atoms with Crippen molar-refractivity contribution in [2.45, 2.75) is 36.5 Å². The average molecular weight is 315 g/mol. The van der Waals surface area contributed by atoms with Gasteiger partial charge in [-0.1, -0.05) is 60.7 Å². The fraction of sp³-hybridized carbons (Fsp3) is 0.333. The van der Waals surface area contributed by atoms with E-state index in [4.69, 9.17) is 0 Å². The molecule has 2 aliphatic rings. The fourth-order valence-corrected chi connectivity index (χ4v) is 4.21. The minimum Gasteiger partial charge on any atom is -0.317 e. The number of benzene rings is 2. The molecule has 3 aromatic rings. The van der Waals surface area contributed by atoms with Gasteiger partial charge in [-0.2, -0.15) is 0 Å². The van der Waals surface area contributed by atoms with Gasteiger partial charge in [-0.3, -0.25) is 0 Å². The Kier molecular flexibility index (Phi) is 2.79. The van der Waals surface area contributed by atoms with Crippen molar-refractivity contribution in [2.75, 3.05) is 0 Å². The zero-order chi connectivity index (χ0) is 16.2. The van der Waals surface area contributed by atoms with Gasteiger partial charge in [0.05, 0.1) is 10.8 Å². The molecule has 120 valence electrons. The zero-order valence-corrected chi connectivity index (χ0v) is 13.9. The molecule has 2 saturated carbocycles. The summed E-state index contributed by atoms with van der Waals surface area (Å²) in [5, 5.41) is 9.34. The third kappa shape index (κ3) is 1.84. The Bertz CT molecular complexity index is 799. The van der Waals surface area contributed by atoms with Crippen LogP contribution in [0, 0.1) is 0 Å². The summed E-state index contributed by atoms with van der Waals surface area (Å²) in [7, 11) is 2.15. The van der Waals surface area contributed by atoms with Crippen molar-refractivity contribution in [2.24, 2.45) is 7.05 Å². The van der Waals surface area contributed by atoms with Crippen molar-refractivity contribution in [1.82, 2.24) is 14.8 Å². The lowest BCUT2D eigenvalue weighted by Crippen LogP contribution is -2.19. The Labute approximate surface area is 142 Å². The Morgan fingerprint density at radius 2 is 1.04 bits per heavy atom. The second-order valence-corrected chi connectivity index (χ2v) is 7.30. The normalized spacial score (nSPS) is 19.9. The van der Waals surface area contributed by atoms with Crippen LogP contribution >= 0.6 is 0 Å². The van der Waals surface area contributed by atoms with Crippen molar-refractivity contribution < 1.29 is 0 Å². The fourth-order valence-electron chi connectivity index (χ4n) is 4.21. The summed E-state index contributed by atoms with van der Waals surface area (Å²) >= 11 is 0. The molecule has 0 bridgehead atoms. The molecule has 1 aromatic heterocycles. The quantitative estimate of drug-likeness (QED) is 0.729. The molecule has 5 rings (SSSR count). The van der Waals surface area contributed by atoms with E-state index in [-0.39, 0.29) is 10.8 Å². The van der Waals surface area contributed by atoms with E-state index in [1.807, 2.05) is 0 Å². The first-order valence-electron chi connectivity index (χ1n) is 8.78. The third-order valence-electron chi connectivity index (χ3n) is 5.88. The molecule has 0 radical (unpaired) electrons. The summed E-state index contributed by atoms with van der Waals surface area (Å²) in [6, 6.07) is 21.6. The van der Waals surface area contributed by atoms with Gasteiger partial charge < -0.3 is 4.57 Å². The molecule has 2 fully saturated rings. The lowest BCUT2D eigenvalue weighted by molar-refractivity contribution is 0.643. The van der Waals surface area contributed by atoms with Gasteiger partial charge in [0.25, 0.3) is 0 Å². The maximum absolute atomic E-state index is 4.67. The predicted molar refractivity (Wildman–Crippen MR) is 93.9 cm³/mol. The third-order valence-corrected chi connectivity index (χ3v) is 5.88. The maximum atomic E-state index is 4.67. The van der Waals surface area contributed by atoms with Crippen LogP contribution in [0.1, 0.15) is 48.5 Å². The molecule has 0 saturated heterocycles. The van der Waals surface area contributed by atoms with Gasteiger partial charge in [-0.15, -0.1) is 10.2 Å². The largest absolute Gasteiger partial charge is 0.317 e. The van der Waals surface area contributed by atoms with E-state index in [0.717, 1.165) is 11.6 Å². The summed E-state index contributed by atoms with van der Waals surface area (Å²) < 4.78 is 2.28. The van der Waals surface area contributed by atoms with Crippen LogP contribution in [0.5, 0.6) is 0 Å². The average Bonchev–Trinajstić information content (AvgIpc) is 3.56. The molecule has 3 nitrogen and oxygen atoms in total. The lowest BCUT2D eigenvalue weighted by atomic mass is 9.93. The molecule has 0 atom stereocenters. The first-order chi connectivity index (χ1) is 11.8. The Balaban J connectivity index is 1.59. The highest BCUT2D eigenvalue weighted by Gasteiger charge is 2.54. The zero-order valence-electron chi connectivity index (χ0n) is 13.9. The van der Waals surface area contributed by atoms with Crippen molar-refractivity contribution in [1.29, 1.82) is 0 Å². The van der Waals surface area contributed by atoms with E-state index in [1.54, 1.807) is 0 Å². The van der Waals surface area contributed by atoms with E-state index in [1.165, 1.54) is 36.8 Å². The van der Waals surface area contributed by atoms with E-state index < -0.39 is 0 Å². The molecule has 0 aliphatic heterocycles. The number of aromatic nitrogens is 3. The molecule has 0 unspecified atom stereocenters. The molecule has 0 N–H and O–H groups in total. The Hall–Kier alpha value is -2.42. The lowest BCUT2D eigenvalue weighted by Gasteiger charge is -2.18. The SMILES string of the molecule is Cn1c(C2(c3ccccc3)CC2)nnc1C1(c2ccccc2)CC1. The molecular formula is C21H21N3. The first-order valence-corrected chi connectivity index (χ1v) is 8.78. The van der Waals surface area contributed by atoms with Gasteiger partial charge >= 0.3 is 0 Å². The topological polar surface area (TPSA) is 30.7 Å². The van der Waals surface area contributed by atoms with Gasteiger partial charge in [0.15, 0.2) is 0 Å². The minimum atomic E-state index is 0.0774. The highest BCUT2D eigenvalue weighted by molar-refractivity contribution is 5.43. The number of hydrogen-bond acceptors (Lipinski definition) is 2. The van der Waals surface area contributed by atoms with Gasteiger partial charge in [0.1, 0.15) is 11.6 Å². The van der Waals surface area contributed by atoms with Crippen LogP contribution in [0.4, 0.5) is 0 Å². The highest BCUT2D eigenvalue weighted by Crippen LogP contribution is 2.56. The van der Waals surface area contributed by atoms with Crippen molar-refractivity contribution in [3.8, 4) is 0 Å². The van der Waals surface area contributed by atoms with Gasteiger partial charge in [0, 0.05) is 7.05 Å². The van der Waals surface area contributed by atoms with Crippen molar-refractivity contribution in [3.05, 3.63) is 83.4 Å². The second-order valence-electron chi connectivity index (χ2n) is 7.30. The summed E-state index contributed by atoms with van der Waals surface area (Å²) in [6.45, 7) is 0. The van der Waals surface area contributed by atoms with Crippen LogP contribution in [0.2, 0.25) is 0 Å². The molecule has 24 heavy (non-hydrogen) atoms. The van der Waals surface area contributed by atoms with Gasteiger partial charge in [0.2, 0.25) is 0 Å². The summed E-state index contributed by atoms with van der Waals surface area (Å²) in [5.41, 5.74) is 2.90. The maximum Gasteiger partial charge on any atom is 0.143 e. The van der Waals surface area contributed by atoms with E-state index in [9.17, 15) is 0 Å². The van der Waals surface area contributed by atoms with E-state index >= 15 is 0 Å². The van der Waals surface area contributed by atoms with Crippen molar-refractivity contribution >= 4 is 0 Å². The van der Waals surface area contributed by atoms with Crippen LogP contribution in [0.3, 0.4) is 0 Å². The van der Waals surface area contributed by atoms with Crippen LogP contribution < -0.4 is 0 Å². The van der Waals surface area contributed by atoms with Crippen LogP contribution in [-0.4, -0.2) is 14.8 Å². The molecule has 2 aliphatic carbocycles. The monoisotopic (exact) mass is 315 g/mol. The van der Waals surface area contributed by atoms with E-state index in [0.29, 0.717) is 0 Å².